The third-order valence-corrected chi connectivity index (χ3v) is 5.78. The number of rotatable bonds is 4. The molecule has 0 spiro atoms. The van der Waals surface area contributed by atoms with Crippen molar-refractivity contribution >= 4 is 0 Å². The molecule has 2 aromatic heterocycles. The van der Waals surface area contributed by atoms with Crippen molar-refractivity contribution in [2.75, 3.05) is 0 Å². The average Bonchev–Trinajstić information content (AvgIpc) is 3.31. The molecular weight excluding hydrogens is 394 g/mol. The minimum Gasteiger partial charge on any atom is -0.507 e. The predicted molar refractivity (Wildman–Crippen MR) is 102 cm³/mol. The van der Waals surface area contributed by atoms with E-state index < -0.39 is 18.1 Å². The number of aromatic nitrogens is 5. The van der Waals surface area contributed by atoms with E-state index in [0.717, 1.165) is 19.0 Å². The number of alkyl halides is 1. The number of benzene rings is 1. The van der Waals surface area contributed by atoms with Gasteiger partial charge in [0.05, 0.1) is 29.8 Å². The number of hydrogen-bond donors (Lipinski definition) is 2. The summed E-state index contributed by atoms with van der Waals surface area (Å²) in [6, 6.07) is 4.46. The molecule has 0 saturated carbocycles. The van der Waals surface area contributed by atoms with Gasteiger partial charge in [0.2, 0.25) is 0 Å². The molecule has 2 saturated heterocycles. The van der Waals surface area contributed by atoms with Gasteiger partial charge in [0.15, 0.2) is 17.8 Å². The Hall–Kier alpha value is -3.14. The van der Waals surface area contributed by atoms with Gasteiger partial charge >= 0.3 is 0 Å². The van der Waals surface area contributed by atoms with Crippen LogP contribution in [-0.2, 0) is 0 Å². The lowest BCUT2D eigenvalue weighted by Crippen LogP contribution is -2.57. The number of phenolic OH excluding ortho intramolecular Hbond substituents is 1. The molecule has 0 aliphatic carbocycles. The van der Waals surface area contributed by atoms with Crippen LogP contribution in [0.5, 0.6) is 11.6 Å². The van der Waals surface area contributed by atoms with E-state index in [0.29, 0.717) is 17.7 Å². The number of phenols is 1. The number of halogens is 2. The summed E-state index contributed by atoms with van der Waals surface area (Å²) in [4.78, 5) is 4.20. The topological polar surface area (TPSA) is 98.0 Å². The summed E-state index contributed by atoms with van der Waals surface area (Å²) >= 11 is 0. The molecule has 30 heavy (non-hydrogen) atoms. The first kappa shape index (κ1) is 18.9. The molecule has 5 rings (SSSR count). The molecule has 10 heteroatoms. The third-order valence-electron chi connectivity index (χ3n) is 5.78. The highest BCUT2D eigenvalue weighted by molar-refractivity contribution is 5.65. The van der Waals surface area contributed by atoms with Gasteiger partial charge in [0, 0.05) is 24.1 Å². The average molecular weight is 414 g/mol. The molecule has 2 fully saturated rings. The highest BCUT2D eigenvalue weighted by Gasteiger charge is 2.49. The fourth-order valence-corrected chi connectivity index (χ4v) is 4.28. The van der Waals surface area contributed by atoms with Gasteiger partial charge < -0.3 is 15.2 Å². The fraction of sp³-hybridized carbons (Fsp3) is 0.400. The van der Waals surface area contributed by atoms with E-state index in [1.165, 1.54) is 23.1 Å². The van der Waals surface area contributed by atoms with Crippen LogP contribution in [0.25, 0.3) is 17.1 Å². The summed E-state index contributed by atoms with van der Waals surface area (Å²) in [5.74, 6) is -0.259. The lowest BCUT2D eigenvalue weighted by molar-refractivity contribution is 0.0231. The van der Waals surface area contributed by atoms with Crippen LogP contribution < -0.4 is 10.1 Å². The molecular formula is C20H20F2N6O2. The Morgan fingerprint density at radius 1 is 1.30 bits per heavy atom. The highest BCUT2D eigenvalue weighted by atomic mass is 19.1. The van der Waals surface area contributed by atoms with E-state index in [2.05, 4.69) is 32.5 Å². The first-order valence-corrected chi connectivity index (χ1v) is 9.72. The van der Waals surface area contributed by atoms with Crippen LogP contribution in [-0.4, -0.2) is 53.9 Å². The Bertz CT molecular complexity index is 1080. The molecule has 8 nitrogen and oxygen atoms in total. The lowest BCUT2D eigenvalue weighted by atomic mass is 9.90. The summed E-state index contributed by atoms with van der Waals surface area (Å²) in [6.07, 6.45) is 4.18. The SMILES string of the molecule is C[C@@]12CCC(N1)[C@@H](F)[C@@H](Oc1cnc(-c3ccc(-n4cc(F)cn4)cc3O)nn1)C2. The first-order chi connectivity index (χ1) is 14.4. The Morgan fingerprint density at radius 2 is 2.17 bits per heavy atom. The van der Waals surface area contributed by atoms with E-state index in [1.54, 1.807) is 12.1 Å². The van der Waals surface area contributed by atoms with Crippen LogP contribution in [0.3, 0.4) is 0 Å². The zero-order chi connectivity index (χ0) is 20.9. The van der Waals surface area contributed by atoms with Crippen molar-refractivity contribution in [1.29, 1.82) is 0 Å². The summed E-state index contributed by atoms with van der Waals surface area (Å²) in [5.41, 5.74) is 0.710. The smallest absolute Gasteiger partial charge is 0.252 e. The Morgan fingerprint density at radius 3 is 2.87 bits per heavy atom. The summed E-state index contributed by atoms with van der Waals surface area (Å²) < 4.78 is 34.8. The monoisotopic (exact) mass is 414 g/mol. The highest BCUT2D eigenvalue weighted by Crippen LogP contribution is 2.38. The van der Waals surface area contributed by atoms with Gasteiger partial charge in [-0.15, -0.1) is 10.2 Å². The van der Waals surface area contributed by atoms with Crippen LogP contribution in [0.15, 0.2) is 36.8 Å². The number of piperidine rings is 1. The molecule has 2 aliphatic rings. The van der Waals surface area contributed by atoms with Crippen molar-refractivity contribution in [2.45, 2.75) is 50.0 Å². The third kappa shape index (κ3) is 3.36. The second-order valence-corrected chi connectivity index (χ2v) is 8.08. The van der Waals surface area contributed by atoms with E-state index >= 15 is 0 Å². The zero-order valence-electron chi connectivity index (χ0n) is 16.2. The largest absolute Gasteiger partial charge is 0.507 e. The van der Waals surface area contributed by atoms with Crippen LogP contribution >= 0.6 is 0 Å². The van der Waals surface area contributed by atoms with Crippen molar-refractivity contribution in [3.05, 3.63) is 42.6 Å². The molecule has 1 unspecified atom stereocenters. The maximum atomic E-state index is 14.7. The quantitative estimate of drug-likeness (QED) is 0.677. The van der Waals surface area contributed by atoms with Crippen LogP contribution in [0.1, 0.15) is 26.2 Å². The Labute approximate surface area is 170 Å². The first-order valence-electron chi connectivity index (χ1n) is 9.72. The van der Waals surface area contributed by atoms with Gasteiger partial charge in [0.25, 0.3) is 5.88 Å². The van der Waals surface area contributed by atoms with E-state index in [1.807, 2.05) is 0 Å². The van der Waals surface area contributed by atoms with Gasteiger partial charge in [-0.2, -0.15) is 5.10 Å². The van der Waals surface area contributed by atoms with E-state index in [-0.39, 0.29) is 29.0 Å². The van der Waals surface area contributed by atoms with Crippen LogP contribution in [0.4, 0.5) is 8.78 Å². The van der Waals surface area contributed by atoms with Crippen molar-refractivity contribution in [1.82, 2.24) is 30.3 Å². The molecule has 2 N–H and O–H groups in total. The van der Waals surface area contributed by atoms with E-state index in [4.69, 9.17) is 4.74 Å². The maximum absolute atomic E-state index is 14.7. The van der Waals surface area contributed by atoms with Crippen LogP contribution in [0, 0.1) is 5.82 Å². The van der Waals surface area contributed by atoms with Crippen LogP contribution in [0.2, 0.25) is 0 Å². The van der Waals surface area contributed by atoms with Gasteiger partial charge in [-0.25, -0.2) is 18.4 Å². The number of hydrogen-bond acceptors (Lipinski definition) is 7. The molecule has 4 atom stereocenters. The number of nitrogens with one attached hydrogen (secondary N) is 1. The Balaban J connectivity index is 1.33. The van der Waals surface area contributed by atoms with Gasteiger partial charge in [-0.3, -0.25) is 0 Å². The molecule has 3 aromatic rings. The lowest BCUT2D eigenvalue weighted by Gasteiger charge is -2.38. The number of aromatic hydroxyl groups is 1. The normalized spacial score (nSPS) is 27.9. The summed E-state index contributed by atoms with van der Waals surface area (Å²) in [6.45, 7) is 2.08. The number of fused-ring (bicyclic) bond motifs is 2. The molecule has 2 aliphatic heterocycles. The second-order valence-electron chi connectivity index (χ2n) is 8.08. The molecule has 2 bridgehead atoms. The summed E-state index contributed by atoms with van der Waals surface area (Å²) in [5, 5.41) is 25.5. The zero-order valence-corrected chi connectivity index (χ0v) is 16.2. The van der Waals surface area contributed by atoms with E-state index in [9.17, 15) is 13.9 Å². The number of ether oxygens (including phenoxy) is 1. The number of nitrogens with zero attached hydrogens (tertiary/aromatic N) is 5. The predicted octanol–water partition coefficient (Wildman–Crippen LogP) is 2.57. The van der Waals surface area contributed by atoms with Gasteiger partial charge in [-0.05, 0) is 31.9 Å². The van der Waals surface area contributed by atoms with Crippen molar-refractivity contribution in [3.8, 4) is 28.7 Å². The van der Waals surface area contributed by atoms with Gasteiger partial charge in [-0.1, -0.05) is 0 Å². The molecule has 0 radical (unpaired) electrons. The van der Waals surface area contributed by atoms with Crippen molar-refractivity contribution in [2.24, 2.45) is 0 Å². The standard InChI is InChI=1S/C20H20F2N6O2/c1-20-5-4-14(25-20)18(22)16(7-20)30-17-9-23-19(27-26-17)13-3-2-12(6-15(13)29)28-10-11(21)8-24-28/h2-3,6,8-10,14,16,18,25,29H,4-5,7H2,1H3/t14?,16-,18+,20-/m0/s1. The minimum atomic E-state index is -1.12. The molecule has 0 amide bonds. The van der Waals surface area contributed by atoms with Gasteiger partial charge in [0.1, 0.15) is 11.9 Å². The summed E-state index contributed by atoms with van der Waals surface area (Å²) in [7, 11) is 0. The van der Waals surface area contributed by atoms with Crippen molar-refractivity contribution in [3.63, 3.8) is 0 Å². The minimum absolute atomic E-state index is 0.106. The van der Waals surface area contributed by atoms with Crippen molar-refractivity contribution < 1.29 is 18.6 Å². The molecule has 4 heterocycles. The second kappa shape index (κ2) is 6.98. The fourth-order valence-electron chi connectivity index (χ4n) is 4.28. The Kier molecular flexibility index (Phi) is 4.39. The molecule has 1 aromatic carbocycles. The maximum Gasteiger partial charge on any atom is 0.252 e. The molecule has 156 valence electrons.